The molecule has 0 aliphatic heterocycles. The number of hydrogen-bond donors (Lipinski definition) is 0. The molecular formula is C9H6ClF2NO. The molecule has 0 N–H and O–H groups in total. The van der Waals surface area contributed by atoms with Gasteiger partial charge < -0.3 is 0 Å². The average Bonchev–Trinajstić information content (AvgIpc) is 2.13. The summed E-state index contributed by atoms with van der Waals surface area (Å²) in [5, 5.41) is 0.328. The molecule has 0 saturated heterocycles. The van der Waals surface area contributed by atoms with Crippen LogP contribution in [-0.2, 0) is 4.79 Å². The summed E-state index contributed by atoms with van der Waals surface area (Å²) in [5.41, 5.74) is 0.204. The Hall–Kier alpha value is -1.25. The van der Waals surface area contributed by atoms with E-state index < -0.39 is 12.5 Å². The zero-order valence-electron chi connectivity index (χ0n) is 6.95. The summed E-state index contributed by atoms with van der Waals surface area (Å²) in [6, 6.07) is 4.38. The SMILES string of the molecule is O=C=NC(c1cccc(Cl)c1)C(F)F. The first-order valence-corrected chi connectivity index (χ1v) is 4.13. The van der Waals surface area contributed by atoms with Crippen molar-refractivity contribution in [1.29, 1.82) is 0 Å². The monoisotopic (exact) mass is 217 g/mol. The summed E-state index contributed by atoms with van der Waals surface area (Å²) in [6.07, 6.45) is -1.62. The van der Waals surface area contributed by atoms with E-state index in [0.717, 1.165) is 6.08 Å². The number of alkyl halides is 2. The van der Waals surface area contributed by atoms with Gasteiger partial charge in [-0.25, -0.2) is 13.6 Å². The van der Waals surface area contributed by atoms with Crippen LogP contribution in [-0.4, -0.2) is 12.5 Å². The Bertz CT molecular complexity index is 364. The third-order valence-electron chi connectivity index (χ3n) is 1.62. The quantitative estimate of drug-likeness (QED) is 0.565. The lowest BCUT2D eigenvalue weighted by atomic mass is 10.1. The summed E-state index contributed by atoms with van der Waals surface area (Å²) >= 11 is 5.61. The van der Waals surface area contributed by atoms with Gasteiger partial charge in [-0.15, -0.1) is 0 Å². The molecule has 0 fully saturated rings. The zero-order valence-corrected chi connectivity index (χ0v) is 7.71. The number of aliphatic imine (C=N–C) groups is 1. The predicted molar refractivity (Wildman–Crippen MR) is 48.3 cm³/mol. The van der Waals surface area contributed by atoms with Gasteiger partial charge in [-0.2, -0.15) is 4.99 Å². The molecule has 0 amide bonds. The van der Waals surface area contributed by atoms with E-state index in [9.17, 15) is 13.6 Å². The Labute approximate surface area is 84.2 Å². The maximum atomic E-state index is 12.4. The topological polar surface area (TPSA) is 29.4 Å². The normalized spacial score (nSPS) is 12.3. The maximum Gasteiger partial charge on any atom is 0.265 e. The second-order valence-corrected chi connectivity index (χ2v) is 2.99. The van der Waals surface area contributed by atoms with Crippen molar-refractivity contribution >= 4 is 17.7 Å². The first kappa shape index (κ1) is 10.8. The first-order valence-electron chi connectivity index (χ1n) is 3.75. The largest absolute Gasteiger partial charge is 0.265 e. The fraction of sp³-hybridized carbons (Fsp3) is 0.222. The van der Waals surface area contributed by atoms with Gasteiger partial charge in [-0.1, -0.05) is 23.7 Å². The molecule has 1 unspecified atom stereocenters. The molecule has 0 spiro atoms. The average molecular weight is 218 g/mol. The minimum atomic E-state index is -2.74. The predicted octanol–water partition coefficient (Wildman–Crippen LogP) is 2.98. The van der Waals surface area contributed by atoms with E-state index in [2.05, 4.69) is 4.99 Å². The molecule has 0 radical (unpaired) electrons. The van der Waals surface area contributed by atoms with Gasteiger partial charge >= 0.3 is 0 Å². The highest BCUT2D eigenvalue weighted by Gasteiger charge is 2.21. The number of isocyanates is 1. The van der Waals surface area contributed by atoms with E-state index in [4.69, 9.17) is 11.6 Å². The van der Waals surface area contributed by atoms with Gasteiger partial charge in [0.1, 0.15) is 6.04 Å². The van der Waals surface area contributed by atoms with Gasteiger partial charge in [0.15, 0.2) is 0 Å². The van der Waals surface area contributed by atoms with Crippen LogP contribution in [0.4, 0.5) is 8.78 Å². The number of nitrogens with zero attached hydrogens (tertiary/aromatic N) is 1. The van der Waals surface area contributed by atoms with Crippen molar-refractivity contribution in [1.82, 2.24) is 0 Å². The van der Waals surface area contributed by atoms with Crippen LogP contribution in [0, 0.1) is 0 Å². The van der Waals surface area contributed by atoms with Crippen LogP contribution >= 0.6 is 11.6 Å². The van der Waals surface area contributed by atoms with Gasteiger partial charge in [0.05, 0.1) is 0 Å². The number of carbonyl (C=O) groups excluding carboxylic acids is 1. The number of halogens is 3. The molecule has 1 aromatic rings. The van der Waals surface area contributed by atoms with Crippen LogP contribution in [0.1, 0.15) is 11.6 Å². The summed E-state index contributed by atoms with van der Waals surface area (Å²) < 4.78 is 24.8. The molecule has 2 nitrogen and oxygen atoms in total. The summed E-state index contributed by atoms with van der Waals surface area (Å²) in [6.45, 7) is 0. The van der Waals surface area contributed by atoms with Crippen LogP contribution in [0.15, 0.2) is 29.3 Å². The van der Waals surface area contributed by atoms with E-state index in [1.807, 2.05) is 0 Å². The lowest BCUT2D eigenvalue weighted by Gasteiger charge is -2.09. The van der Waals surface area contributed by atoms with Crippen molar-refractivity contribution in [3.05, 3.63) is 34.9 Å². The fourth-order valence-corrected chi connectivity index (χ4v) is 1.22. The standard InChI is InChI=1S/C9H6ClF2NO/c10-7-3-1-2-6(4-7)8(9(11)12)13-5-14/h1-4,8-9H. The van der Waals surface area contributed by atoms with Gasteiger partial charge in [0.2, 0.25) is 6.08 Å². The van der Waals surface area contributed by atoms with Crippen LogP contribution in [0.5, 0.6) is 0 Å². The minimum absolute atomic E-state index is 0.204. The van der Waals surface area contributed by atoms with E-state index in [1.165, 1.54) is 18.2 Å². The Morgan fingerprint density at radius 2 is 2.14 bits per heavy atom. The number of rotatable bonds is 3. The molecule has 74 valence electrons. The molecule has 0 saturated carbocycles. The van der Waals surface area contributed by atoms with Crippen molar-refractivity contribution < 1.29 is 13.6 Å². The van der Waals surface area contributed by atoms with E-state index >= 15 is 0 Å². The summed E-state index contributed by atoms with van der Waals surface area (Å²) in [5.74, 6) is 0. The molecule has 14 heavy (non-hydrogen) atoms. The Morgan fingerprint density at radius 1 is 1.43 bits per heavy atom. The highest BCUT2D eigenvalue weighted by Crippen LogP contribution is 2.26. The van der Waals surface area contributed by atoms with Gasteiger partial charge in [0, 0.05) is 5.02 Å². The highest BCUT2D eigenvalue weighted by molar-refractivity contribution is 6.30. The second kappa shape index (κ2) is 4.84. The van der Waals surface area contributed by atoms with Crippen LogP contribution < -0.4 is 0 Å². The lowest BCUT2D eigenvalue weighted by Crippen LogP contribution is -2.06. The molecule has 1 rings (SSSR count). The van der Waals surface area contributed by atoms with E-state index in [1.54, 1.807) is 6.07 Å². The first-order chi connectivity index (χ1) is 6.65. The molecule has 0 aliphatic rings. The molecule has 1 aromatic carbocycles. The Morgan fingerprint density at radius 3 is 2.64 bits per heavy atom. The Balaban J connectivity index is 3.04. The van der Waals surface area contributed by atoms with Crippen LogP contribution in [0.25, 0.3) is 0 Å². The van der Waals surface area contributed by atoms with Crippen molar-refractivity contribution in [2.24, 2.45) is 4.99 Å². The van der Waals surface area contributed by atoms with Gasteiger partial charge in [0.25, 0.3) is 6.43 Å². The lowest BCUT2D eigenvalue weighted by molar-refractivity contribution is 0.117. The summed E-state index contributed by atoms with van der Waals surface area (Å²) in [7, 11) is 0. The second-order valence-electron chi connectivity index (χ2n) is 2.55. The molecule has 0 heterocycles. The van der Waals surface area contributed by atoms with Crippen LogP contribution in [0.2, 0.25) is 5.02 Å². The van der Waals surface area contributed by atoms with Gasteiger partial charge in [-0.3, -0.25) is 0 Å². The molecule has 0 aliphatic carbocycles. The van der Waals surface area contributed by atoms with Gasteiger partial charge in [-0.05, 0) is 17.7 Å². The summed E-state index contributed by atoms with van der Waals surface area (Å²) in [4.78, 5) is 12.9. The smallest absolute Gasteiger partial charge is 0.211 e. The molecule has 1 atom stereocenters. The molecule has 0 bridgehead atoms. The van der Waals surface area contributed by atoms with Crippen molar-refractivity contribution in [2.45, 2.75) is 12.5 Å². The number of hydrogen-bond acceptors (Lipinski definition) is 2. The number of benzene rings is 1. The molecule has 0 aromatic heterocycles. The van der Waals surface area contributed by atoms with E-state index in [0.29, 0.717) is 5.02 Å². The minimum Gasteiger partial charge on any atom is -0.211 e. The third-order valence-corrected chi connectivity index (χ3v) is 1.86. The van der Waals surface area contributed by atoms with Crippen molar-refractivity contribution in [3.8, 4) is 0 Å². The molecular weight excluding hydrogens is 212 g/mol. The van der Waals surface area contributed by atoms with E-state index in [-0.39, 0.29) is 5.56 Å². The third kappa shape index (κ3) is 2.62. The Kier molecular flexibility index (Phi) is 3.74. The van der Waals surface area contributed by atoms with Crippen molar-refractivity contribution in [2.75, 3.05) is 0 Å². The highest BCUT2D eigenvalue weighted by atomic mass is 35.5. The maximum absolute atomic E-state index is 12.4. The zero-order chi connectivity index (χ0) is 10.6. The molecule has 5 heteroatoms. The van der Waals surface area contributed by atoms with Crippen molar-refractivity contribution in [3.63, 3.8) is 0 Å². The van der Waals surface area contributed by atoms with Crippen LogP contribution in [0.3, 0.4) is 0 Å². The fourth-order valence-electron chi connectivity index (χ4n) is 1.02.